The largest absolute Gasteiger partial charge is 0.310 e. The maximum absolute atomic E-state index is 15.4. The van der Waals surface area contributed by atoms with Crippen molar-refractivity contribution in [3.8, 4) is 77.9 Å². The fourth-order valence-electron chi connectivity index (χ4n) is 18.1. The molecule has 0 saturated carbocycles. The van der Waals surface area contributed by atoms with Gasteiger partial charge in [0.25, 0.3) is 0 Å². The Balaban J connectivity index is 0.797. The van der Waals surface area contributed by atoms with Gasteiger partial charge >= 0.3 is 0 Å². The minimum Gasteiger partial charge on any atom is -0.310 e. The Hall–Kier alpha value is -13.5. The highest BCUT2D eigenvalue weighted by atomic mass is 28.3. The zero-order chi connectivity index (χ0) is 75.3. The summed E-state index contributed by atoms with van der Waals surface area (Å²) in [6.07, 6.45) is 3.73. The van der Waals surface area contributed by atoms with Crippen molar-refractivity contribution >= 4 is 64.7 Å². The smallest absolute Gasteiger partial charge is 0.123 e. The number of benzene rings is 16. The normalized spacial score (nSPS) is 15.2. The van der Waals surface area contributed by atoms with E-state index in [4.69, 9.17) is 0 Å². The third-order valence-electron chi connectivity index (χ3n) is 23.4. The van der Waals surface area contributed by atoms with Gasteiger partial charge in [-0.3, -0.25) is 0 Å². The molecular formula is C104H72F4N2Si. The fraction of sp³-hybridized carbons (Fsp3) is 0.0385. The molecule has 7 heteroatoms. The number of fused-ring (bicyclic) bond motifs is 9. The Morgan fingerprint density at radius 3 is 0.865 bits per heavy atom. The summed E-state index contributed by atoms with van der Waals surface area (Å²) in [4.78, 5) is 4.78. The summed E-state index contributed by atoms with van der Waals surface area (Å²) < 4.78 is 59.2. The molecule has 111 heavy (non-hydrogen) atoms. The molecule has 0 N–H and O–H groups in total. The topological polar surface area (TPSA) is 6.48 Å². The lowest BCUT2D eigenvalue weighted by atomic mass is 9.67. The van der Waals surface area contributed by atoms with Crippen LogP contribution in [0, 0.1) is 23.3 Å². The molecule has 0 amide bonds. The minimum atomic E-state index is -2.42. The van der Waals surface area contributed by atoms with E-state index in [1.807, 2.05) is 60.7 Å². The standard InChI is InChI=1S/C104H72F4N2Si/c1-5-67-21-33-77(34-22-67)103(79-37-45-83(107)46-38-79)97-19-9-7-17-91(97)93-57-53-89(65-99(93)103)109(85-49-29-71(30-50-85)75-15-11-13-73(61-75)69-25-41-81(105)42-26-69)87-55-59-101-95(63-87)96-64-88(56-60-102(96)111(101,3)4)110(86-51-31-72(32-52-86)76-16-12-14-74(62-76)70-27-43-82(106)44-28-70)90-54-58-94-92-18-8-10-20-98(92)104(100(94)66-90,80-39-47-84(108)48-40-80)78-35-23-68(6-2)24-36-78/h5-66H,1-2H2,3-4H3. The van der Waals surface area contributed by atoms with Gasteiger partial charge < -0.3 is 9.80 Å². The molecule has 2 nitrogen and oxygen atoms in total. The van der Waals surface area contributed by atoms with Gasteiger partial charge in [-0.25, -0.2) is 17.6 Å². The van der Waals surface area contributed by atoms with Crippen molar-refractivity contribution in [3.05, 3.63) is 456 Å². The molecule has 2 aliphatic carbocycles. The molecule has 530 valence electrons. The van der Waals surface area contributed by atoms with Gasteiger partial charge in [0.1, 0.15) is 31.3 Å². The molecule has 0 radical (unpaired) electrons. The van der Waals surface area contributed by atoms with Crippen molar-refractivity contribution in [2.45, 2.75) is 23.9 Å². The number of halogens is 4. The van der Waals surface area contributed by atoms with E-state index < -0.39 is 18.9 Å². The second kappa shape index (κ2) is 27.0. The quantitative estimate of drug-likeness (QED) is 0.0703. The lowest BCUT2D eigenvalue weighted by Gasteiger charge is -2.35. The van der Waals surface area contributed by atoms with Gasteiger partial charge in [0.2, 0.25) is 0 Å². The third-order valence-corrected chi connectivity index (χ3v) is 27.0. The Kier molecular flexibility index (Phi) is 16.6. The summed E-state index contributed by atoms with van der Waals surface area (Å²) in [6.45, 7) is 13.2. The van der Waals surface area contributed by atoms with Crippen LogP contribution in [0.4, 0.5) is 51.7 Å². The van der Waals surface area contributed by atoms with Crippen LogP contribution < -0.4 is 20.2 Å². The SMILES string of the molecule is C=Cc1ccc(C2(c3ccc(F)cc3)c3ccccc3-c3ccc(N(c4ccc(-c5cccc(-c6ccc(F)cc6)c5)cc4)c4ccc5c(c4)-c4cc(N(c6ccc(-c7cccc(-c8ccc(F)cc8)c7)cc6)c6ccc7c(c6)C(c6ccc(F)cc6)(c6ccc(C=C)cc6)c6ccccc6-7)ccc4[Si]5(C)C)cc32)cc1. The van der Waals surface area contributed by atoms with Crippen LogP contribution in [0.5, 0.6) is 0 Å². The highest BCUT2D eigenvalue weighted by Gasteiger charge is 2.49. The summed E-state index contributed by atoms with van der Waals surface area (Å²) in [5, 5.41) is 2.66. The molecule has 1 aliphatic heterocycles. The van der Waals surface area contributed by atoms with Crippen LogP contribution in [0.1, 0.15) is 55.6 Å². The Morgan fingerprint density at radius 2 is 0.523 bits per heavy atom. The summed E-state index contributed by atoms with van der Waals surface area (Å²) in [6, 6.07) is 124. The molecule has 2 atom stereocenters. The van der Waals surface area contributed by atoms with Crippen LogP contribution >= 0.6 is 0 Å². The number of rotatable bonds is 16. The maximum atomic E-state index is 15.4. The van der Waals surface area contributed by atoms with E-state index in [2.05, 4.69) is 303 Å². The lowest BCUT2D eigenvalue weighted by molar-refractivity contribution is 0.624. The Bertz CT molecular complexity index is 5960. The van der Waals surface area contributed by atoms with E-state index in [9.17, 15) is 8.78 Å². The summed E-state index contributed by atoms with van der Waals surface area (Å²) in [5.74, 6) is -1.16. The molecule has 1 heterocycles. The van der Waals surface area contributed by atoms with E-state index in [-0.39, 0.29) is 23.3 Å². The van der Waals surface area contributed by atoms with E-state index in [0.717, 1.165) is 168 Å². The van der Waals surface area contributed by atoms with Crippen LogP contribution in [0.25, 0.3) is 90.0 Å². The van der Waals surface area contributed by atoms with Crippen LogP contribution in [0.3, 0.4) is 0 Å². The molecule has 16 aromatic rings. The fourth-order valence-corrected chi connectivity index (χ4v) is 21.1. The van der Waals surface area contributed by atoms with Crippen molar-refractivity contribution in [1.29, 1.82) is 0 Å². The Labute approximate surface area is 645 Å². The van der Waals surface area contributed by atoms with Crippen LogP contribution in [0.15, 0.2) is 377 Å². The van der Waals surface area contributed by atoms with Crippen molar-refractivity contribution in [1.82, 2.24) is 0 Å². The summed E-state index contributed by atoms with van der Waals surface area (Å²) in [7, 11) is -2.42. The first-order chi connectivity index (χ1) is 54.3. The summed E-state index contributed by atoms with van der Waals surface area (Å²) >= 11 is 0. The van der Waals surface area contributed by atoms with Gasteiger partial charge in [-0.1, -0.05) is 269 Å². The predicted octanol–water partition coefficient (Wildman–Crippen LogP) is 26.7. The average Bonchev–Trinajstić information content (AvgIpc) is 1.55. The number of nitrogens with zero attached hydrogens (tertiary/aromatic N) is 2. The van der Waals surface area contributed by atoms with Crippen LogP contribution in [-0.2, 0) is 10.8 Å². The van der Waals surface area contributed by atoms with Gasteiger partial charge in [-0.2, -0.15) is 0 Å². The van der Waals surface area contributed by atoms with Crippen molar-refractivity contribution < 1.29 is 17.6 Å². The van der Waals surface area contributed by atoms with Gasteiger partial charge in [-0.15, -0.1) is 0 Å². The Morgan fingerprint density at radius 1 is 0.243 bits per heavy atom. The minimum absolute atomic E-state index is 0.276. The van der Waals surface area contributed by atoms with E-state index in [1.165, 1.54) is 34.6 Å². The van der Waals surface area contributed by atoms with E-state index in [0.29, 0.717) is 0 Å². The monoisotopic (exact) mass is 1450 g/mol. The molecule has 0 spiro atoms. The van der Waals surface area contributed by atoms with Crippen molar-refractivity contribution in [3.63, 3.8) is 0 Å². The zero-order valence-corrected chi connectivity index (χ0v) is 62.1. The van der Waals surface area contributed by atoms with Gasteiger partial charge in [0.05, 0.1) is 10.8 Å². The second-order valence-electron chi connectivity index (χ2n) is 29.7. The van der Waals surface area contributed by atoms with E-state index in [1.54, 1.807) is 24.3 Å². The third kappa shape index (κ3) is 11.3. The van der Waals surface area contributed by atoms with Crippen LogP contribution in [0.2, 0.25) is 13.1 Å². The maximum Gasteiger partial charge on any atom is 0.123 e. The van der Waals surface area contributed by atoms with Gasteiger partial charge in [0.15, 0.2) is 0 Å². The molecule has 0 bridgehead atoms. The molecule has 3 aliphatic rings. The van der Waals surface area contributed by atoms with Gasteiger partial charge in [0, 0.05) is 34.1 Å². The summed E-state index contributed by atoms with van der Waals surface area (Å²) in [5.41, 5.74) is 29.1. The number of hydrogen-bond acceptors (Lipinski definition) is 2. The first-order valence-electron chi connectivity index (χ1n) is 37.6. The molecule has 0 saturated heterocycles. The molecular weight excluding hydrogens is 1380 g/mol. The first-order valence-corrected chi connectivity index (χ1v) is 40.6. The lowest BCUT2D eigenvalue weighted by Crippen LogP contribution is -2.49. The predicted molar refractivity (Wildman–Crippen MR) is 454 cm³/mol. The zero-order valence-electron chi connectivity index (χ0n) is 61.1. The van der Waals surface area contributed by atoms with E-state index >= 15 is 8.78 Å². The highest BCUT2D eigenvalue weighted by molar-refractivity contribution is 7.03. The second-order valence-corrected chi connectivity index (χ2v) is 34.1. The first kappa shape index (κ1) is 68.1. The molecule has 16 aromatic carbocycles. The van der Waals surface area contributed by atoms with Crippen molar-refractivity contribution in [2.24, 2.45) is 0 Å². The molecule has 19 rings (SSSR count). The van der Waals surface area contributed by atoms with Crippen molar-refractivity contribution in [2.75, 3.05) is 9.80 Å². The molecule has 0 aromatic heterocycles. The molecule has 2 unspecified atom stereocenters. The number of anilines is 6. The number of hydrogen-bond donors (Lipinski definition) is 0. The average molecular weight is 1450 g/mol. The highest BCUT2D eigenvalue weighted by Crippen LogP contribution is 2.60. The molecule has 0 fully saturated rings. The van der Waals surface area contributed by atoms with Crippen LogP contribution in [-0.4, -0.2) is 8.07 Å². The van der Waals surface area contributed by atoms with Gasteiger partial charge in [-0.05, 0) is 277 Å².